The summed E-state index contributed by atoms with van der Waals surface area (Å²) < 4.78 is 0. The Morgan fingerprint density at radius 1 is 0.290 bits per heavy atom. The number of fused-ring (bicyclic) bond motifs is 4. The van der Waals surface area contributed by atoms with Crippen LogP contribution in [0.2, 0.25) is 0 Å². The van der Waals surface area contributed by atoms with Gasteiger partial charge in [0.05, 0.1) is 23.0 Å². The minimum atomic E-state index is 0.650. The summed E-state index contributed by atoms with van der Waals surface area (Å²) in [5.74, 6) is 0.682. The van der Waals surface area contributed by atoms with Gasteiger partial charge in [0, 0.05) is 16.7 Å². The lowest BCUT2D eigenvalue weighted by Gasteiger charge is -2.14. The Morgan fingerprint density at radius 3 is 1.26 bits per heavy atom. The maximum Gasteiger partial charge on any atom is 0.160 e. The van der Waals surface area contributed by atoms with Crippen molar-refractivity contribution in [3.63, 3.8) is 0 Å². The summed E-state index contributed by atoms with van der Waals surface area (Å²) in [4.78, 5) is 10.1. The van der Waals surface area contributed by atoms with E-state index in [1.807, 2.05) is 54.6 Å². The Labute approximate surface area is 360 Å². The van der Waals surface area contributed by atoms with Crippen molar-refractivity contribution in [2.75, 3.05) is 0 Å². The molecule has 62 heavy (non-hydrogen) atoms. The smallest absolute Gasteiger partial charge is 0.160 e. The van der Waals surface area contributed by atoms with Gasteiger partial charge < -0.3 is 0 Å². The van der Waals surface area contributed by atoms with E-state index in [0.717, 1.165) is 50.3 Å². The Bertz CT molecular complexity index is 3460. The molecular formula is C59H37N3. The van der Waals surface area contributed by atoms with Crippen LogP contribution in [-0.2, 0) is 0 Å². The topological polar surface area (TPSA) is 49.6 Å². The number of hydrogen-bond acceptors (Lipinski definition) is 3. The molecule has 0 fully saturated rings. The Kier molecular flexibility index (Phi) is 9.23. The highest BCUT2D eigenvalue weighted by molar-refractivity contribution is 6.20. The van der Waals surface area contributed by atoms with Crippen molar-refractivity contribution in [2.45, 2.75) is 0 Å². The average molecular weight is 788 g/mol. The highest BCUT2D eigenvalue weighted by Gasteiger charge is 2.14. The summed E-state index contributed by atoms with van der Waals surface area (Å²) in [5.41, 5.74) is 14.6. The molecule has 0 unspecified atom stereocenters. The van der Waals surface area contributed by atoms with E-state index in [2.05, 4.69) is 176 Å². The molecule has 3 heteroatoms. The fourth-order valence-electron chi connectivity index (χ4n) is 8.68. The van der Waals surface area contributed by atoms with Crippen LogP contribution >= 0.6 is 0 Å². The van der Waals surface area contributed by atoms with Gasteiger partial charge in [0.2, 0.25) is 0 Å². The van der Waals surface area contributed by atoms with Crippen molar-refractivity contribution < 1.29 is 0 Å². The molecule has 0 aliphatic carbocycles. The van der Waals surface area contributed by atoms with Gasteiger partial charge in [-0.15, -0.1) is 0 Å². The maximum atomic E-state index is 9.21. The van der Waals surface area contributed by atoms with Crippen molar-refractivity contribution in [3.8, 4) is 84.5 Å². The zero-order valence-corrected chi connectivity index (χ0v) is 33.7. The second kappa shape index (κ2) is 15.6. The predicted molar refractivity (Wildman–Crippen MR) is 257 cm³/mol. The van der Waals surface area contributed by atoms with E-state index in [4.69, 9.17) is 9.97 Å². The molecule has 0 spiro atoms. The zero-order chi connectivity index (χ0) is 41.4. The maximum absolute atomic E-state index is 9.21. The normalized spacial score (nSPS) is 11.2. The van der Waals surface area contributed by atoms with Gasteiger partial charge in [-0.2, -0.15) is 5.26 Å². The van der Waals surface area contributed by atoms with Crippen molar-refractivity contribution in [1.29, 1.82) is 5.26 Å². The fraction of sp³-hybridized carbons (Fsp3) is 0. The molecule has 11 aromatic rings. The minimum absolute atomic E-state index is 0.650. The Balaban J connectivity index is 0.870. The van der Waals surface area contributed by atoms with Crippen LogP contribution in [0.5, 0.6) is 0 Å². The second-order valence-electron chi connectivity index (χ2n) is 15.7. The van der Waals surface area contributed by atoms with E-state index in [1.54, 1.807) is 0 Å². The first-order valence-electron chi connectivity index (χ1n) is 20.9. The Morgan fingerprint density at radius 2 is 0.726 bits per heavy atom. The van der Waals surface area contributed by atoms with E-state index in [0.29, 0.717) is 11.4 Å². The van der Waals surface area contributed by atoms with Gasteiger partial charge in [-0.1, -0.05) is 200 Å². The van der Waals surface area contributed by atoms with Gasteiger partial charge in [0.25, 0.3) is 0 Å². The molecule has 0 atom stereocenters. The average Bonchev–Trinajstić information content (AvgIpc) is 3.36. The van der Waals surface area contributed by atoms with Crippen LogP contribution in [0.25, 0.3) is 111 Å². The number of aromatic nitrogens is 2. The van der Waals surface area contributed by atoms with Crippen LogP contribution in [0.1, 0.15) is 5.56 Å². The molecular weight excluding hydrogens is 751 g/mol. The lowest BCUT2D eigenvalue weighted by atomic mass is 9.89. The molecule has 0 saturated heterocycles. The standard InChI is InChI=1S/C59H37N3/c60-38-39-14-16-40(17-15-39)43-22-28-47(29-23-43)56-37-57(62-59(61-56)50-9-2-1-3-10-50)48-30-24-44(25-31-48)41-18-20-42(21-19-41)45-26-32-49(33-27-45)58-53-13-7-5-11-51(53)36-55-52-12-6-4-8-46(52)34-35-54(55)58/h1-37H. The van der Waals surface area contributed by atoms with Gasteiger partial charge in [-0.25, -0.2) is 9.97 Å². The van der Waals surface area contributed by atoms with E-state index >= 15 is 0 Å². The van der Waals surface area contributed by atoms with Crippen LogP contribution < -0.4 is 0 Å². The lowest BCUT2D eigenvalue weighted by molar-refractivity contribution is 1.18. The van der Waals surface area contributed by atoms with Crippen LogP contribution in [0.4, 0.5) is 0 Å². The van der Waals surface area contributed by atoms with Crippen LogP contribution in [-0.4, -0.2) is 9.97 Å². The molecule has 0 amide bonds. The number of rotatable bonds is 7. The third kappa shape index (κ3) is 6.86. The first-order chi connectivity index (χ1) is 30.6. The highest BCUT2D eigenvalue weighted by atomic mass is 14.9. The molecule has 3 nitrogen and oxygen atoms in total. The van der Waals surface area contributed by atoms with Gasteiger partial charge in [-0.3, -0.25) is 0 Å². The van der Waals surface area contributed by atoms with Crippen molar-refractivity contribution in [3.05, 3.63) is 230 Å². The fourth-order valence-corrected chi connectivity index (χ4v) is 8.68. The molecule has 0 saturated carbocycles. The largest absolute Gasteiger partial charge is 0.228 e. The zero-order valence-electron chi connectivity index (χ0n) is 33.7. The first-order valence-corrected chi connectivity index (χ1v) is 20.9. The molecule has 11 rings (SSSR count). The first kappa shape index (κ1) is 36.6. The van der Waals surface area contributed by atoms with Gasteiger partial charge >= 0.3 is 0 Å². The molecule has 0 aliphatic heterocycles. The molecule has 0 radical (unpaired) electrons. The summed E-state index contributed by atoms with van der Waals surface area (Å²) in [6, 6.07) is 81.3. The SMILES string of the molecule is N#Cc1ccc(-c2ccc(-c3cc(-c4ccc(-c5ccc(-c6ccc(-c7c8ccccc8cc8c7ccc7ccccc78)cc6)cc5)cc4)nc(-c4ccccc4)n3)cc2)cc1. The van der Waals surface area contributed by atoms with E-state index < -0.39 is 0 Å². The number of benzene rings is 10. The number of nitrogens with zero attached hydrogens (tertiary/aromatic N) is 3. The van der Waals surface area contributed by atoms with Gasteiger partial charge in [-0.05, 0) is 101 Å². The minimum Gasteiger partial charge on any atom is -0.228 e. The molecule has 10 aromatic carbocycles. The molecule has 0 N–H and O–H groups in total. The quantitative estimate of drug-likeness (QED) is 0.119. The summed E-state index contributed by atoms with van der Waals surface area (Å²) in [6.07, 6.45) is 0. The number of hydrogen-bond donors (Lipinski definition) is 0. The molecule has 0 bridgehead atoms. The summed E-state index contributed by atoms with van der Waals surface area (Å²) in [6.45, 7) is 0. The van der Waals surface area contributed by atoms with Crippen molar-refractivity contribution in [1.82, 2.24) is 9.97 Å². The lowest BCUT2D eigenvalue weighted by Crippen LogP contribution is -1.96. The summed E-state index contributed by atoms with van der Waals surface area (Å²) in [5, 5.41) is 16.8. The molecule has 0 aliphatic rings. The van der Waals surface area contributed by atoms with Crippen LogP contribution in [0.15, 0.2) is 224 Å². The molecule has 1 aromatic heterocycles. The summed E-state index contributed by atoms with van der Waals surface area (Å²) in [7, 11) is 0. The van der Waals surface area contributed by atoms with Crippen molar-refractivity contribution in [2.24, 2.45) is 0 Å². The molecule has 1 heterocycles. The monoisotopic (exact) mass is 787 g/mol. The highest BCUT2D eigenvalue weighted by Crippen LogP contribution is 2.40. The van der Waals surface area contributed by atoms with Crippen LogP contribution in [0, 0.1) is 11.3 Å². The Hall–Kier alpha value is -8.45. The van der Waals surface area contributed by atoms with E-state index in [9.17, 15) is 5.26 Å². The third-order valence-electron chi connectivity index (χ3n) is 12.0. The van der Waals surface area contributed by atoms with Crippen molar-refractivity contribution >= 4 is 32.3 Å². The van der Waals surface area contributed by atoms with Crippen LogP contribution in [0.3, 0.4) is 0 Å². The van der Waals surface area contributed by atoms with Gasteiger partial charge in [0.15, 0.2) is 5.82 Å². The molecule has 288 valence electrons. The predicted octanol–water partition coefficient (Wildman–Crippen LogP) is 15.5. The summed E-state index contributed by atoms with van der Waals surface area (Å²) >= 11 is 0. The second-order valence-corrected chi connectivity index (χ2v) is 15.7. The van der Waals surface area contributed by atoms with Gasteiger partial charge in [0.1, 0.15) is 0 Å². The number of nitriles is 1. The third-order valence-corrected chi connectivity index (χ3v) is 12.0. The van der Waals surface area contributed by atoms with E-state index in [1.165, 1.54) is 54.6 Å². The van der Waals surface area contributed by atoms with E-state index in [-0.39, 0.29) is 0 Å².